The Bertz CT molecular complexity index is 671. The van der Waals surface area contributed by atoms with Gasteiger partial charge in [0.15, 0.2) is 0 Å². The maximum Gasteiger partial charge on any atom is 0.142 e. The number of anilines is 2. The van der Waals surface area contributed by atoms with E-state index < -0.39 is 0 Å². The van der Waals surface area contributed by atoms with Crippen LogP contribution >= 0.6 is 12.2 Å². The number of thiocarbonyl (C=S) groups is 1. The summed E-state index contributed by atoms with van der Waals surface area (Å²) in [7, 11) is 3.25. The third-order valence-electron chi connectivity index (χ3n) is 3.12. The van der Waals surface area contributed by atoms with Crippen molar-refractivity contribution in [1.29, 1.82) is 0 Å². The number of benzene rings is 2. The highest BCUT2D eigenvalue weighted by atomic mass is 32.1. The van der Waals surface area contributed by atoms with Crippen LogP contribution in [0.4, 0.5) is 11.4 Å². The van der Waals surface area contributed by atoms with E-state index in [9.17, 15) is 0 Å². The third kappa shape index (κ3) is 3.44. The number of ether oxygens (including phenoxy) is 2. The molecule has 0 atom stereocenters. The zero-order valence-electron chi connectivity index (χ0n) is 12.3. The Hall–Kier alpha value is -2.27. The van der Waals surface area contributed by atoms with Gasteiger partial charge < -0.3 is 20.5 Å². The van der Waals surface area contributed by atoms with Gasteiger partial charge in [0.05, 0.1) is 25.6 Å². The van der Waals surface area contributed by atoms with E-state index in [-0.39, 0.29) is 0 Å². The molecule has 0 heterocycles. The fraction of sp³-hybridized carbons (Fsp3) is 0.188. The monoisotopic (exact) mass is 302 g/mol. The first kappa shape index (κ1) is 15.1. The zero-order chi connectivity index (χ0) is 15.4. The van der Waals surface area contributed by atoms with E-state index in [1.54, 1.807) is 14.2 Å². The van der Waals surface area contributed by atoms with Crippen molar-refractivity contribution < 1.29 is 9.47 Å². The Labute approximate surface area is 129 Å². The number of nitrogens with two attached hydrogens (primary N) is 1. The van der Waals surface area contributed by atoms with Gasteiger partial charge in [-0.25, -0.2) is 0 Å². The summed E-state index contributed by atoms with van der Waals surface area (Å²) in [4.78, 5) is 0.326. The molecule has 4 nitrogen and oxygen atoms in total. The first-order valence-corrected chi connectivity index (χ1v) is 6.85. The predicted octanol–water partition coefficient (Wildman–Crippen LogP) is 3.39. The van der Waals surface area contributed by atoms with Gasteiger partial charge in [0, 0.05) is 11.6 Å². The van der Waals surface area contributed by atoms with E-state index in [1.165, 1.54) is 0 Å². The highest BCUT2D eigenvalue weighted by molar-refractivity contribution is 7.80. The molecule has 0 aliphatic rings. The molecule has 0 amide bonds. The van der Waals surface area contributed by atoms with Crippen LogP contribution in [-0.4, -0.2) is 19.2 Å². The molecule has 0 spiro atoms. The van der Waals surface area contributed by atoms with Gasteiger partial charge in [-0.05, 0) is 36.8 Å². The number of methoxy groups -OCH3 is 2. The SMILES string of the molecule is COc1ccc(C(N)=S)c(Nc2cc(C)ccc2OC)c1. The Morgan fingerprint density at radius 2 is 1.81 bits per heavy atom. The van der Waals surface area contributed by atoms with Crippen molar-refractivity contribution in [3.8, 4) is 11.5 Å². The Morgan fingerprint density at radius 1 is 1.05 bits per heavy atom. The van der Waals surface area contributed by atoms with Crippen LogP contribution in [0.2, 0.25) is 0 Å². The van der Waals surface area contributed by atoms with E-state index in [0.717, 1.165) is 34.0 Å². The second-order valence-corrected chi connectivity index (χ2v) is 5.04. The number of aryl methyl sites for hydroxylation is 1. The maximum absolute atomic E-state index is 5.78. The van der Waals surface area contributed by atoms with E-state index in [2.05, 4.69) is 5.32 Å². The summed E-state index contributed by atoms with van der Waals surface area (Å²) in [5.74, 6) is 1.47. The standard InChI is InChI=1S/C16H18N2O2S/c1-10-4-7-15(20-3)14(8-10)18-13-9-11(19-2)5-6-12(13)16(17)21/h4-9,18H,1-3H3,(H2,17,21). The van der Waals surface area contributed by atoms with Gasteiger partial charge >= 0.3 is 0 Å². The lowest BCUT2D eigenvalue weighted by Gasteiger charge is -2.15. The molecule has 21 heavy (non-hydrogen) atoms. The normalized spacial score (nSPS) is 10.0. The average molecular weight is 302 g/mol. The van der Waals surface area contributed by atoms with E-state index in [4.69, 9.17) is 27.4 Å². The summed E-state index contributed by atoms with van der Waals surface area (Å²) in [6.45, 7) is 2.02. The number of hydrogen-bond donors (Lipinski definition) is 2. The van der Waals surface area contributed by atoms with Crippen LogP contribution in [0.5, 0.6) is 11.5 Å². The quantitative estimate of drug-likeness (QED) is 0.829. The summed E-state index contributed by atoms with van der Waals surface area (Å²) < 4.78 is 10.6. The molecule has 0 aromatic heterocycles. The van der Waals surface area contributed by atoms with Crippen molar-refractivity contribution in [1.82, 2.24) is 0 Å². The fourth-order valence-corrected chi connectivity index (χ4v) is 2.21. The third-order valence-corrected chi connectivity index (χ3v) is 3.34. The highest BCUT2D eigenvalue weighted by Crippen LogP contribution is 2.31. The van der Waals surface area contributed by atoms with E-state index in [1.807, 2.05) is 43.3 Å². The highest BCUT2D eigenvalue weighted by Gasteiger charge is 2.10. The molecule has 5 heteroatoms. The number of nitrogens with one attached hydrogen (secondary N) is 1. The van der Waals surface area contributed by atoms with Crippen LogP contribution < -0.4 is 20.5 Å². The van der Waals surface area contributed by atoms with Crippen LogP contribution in [0.15, 0.2) is 36.4 Å². The van der Waals surface area contributed by atoms with Crippen LogP contribution in [0.3, 0.4) is 0 Å². The van der Waals surface area contributed by atoms with Gasteiger partial charge in [-0.15, -0.1) is 0 Å². The molecular weight excluding hydrogens is 284 g/mol. The molecule has 3 N–H and O–H groups in total. The van der Waals surface area contributed by atoms with Crippen molar-refractivity contribution in [2.75, 3.05) is 19.5 Å². The lowest BCUT2D eigenvalue weighted by Crippen LogP contribution is -2.12. The van der Waals surface area contributed by atoms with Gasteiger partial charge in [-0.2, -0.15) is 0 Å². The van der Waals surface area contributed by atoms with Crippen molar-refractivity contribution in [2.24, 2.45) is 5.73 Å². The molecule has 2 aromatic rings. The van der Waals surface area contributed by atoms with E-state index in [0.29, 0.717) is 4.99 Å². The summed E-state index contributed by atoms with van der Waals surface area (Å²) in [6, 6.07) is 11.4. The van der Waals surface area contributed by atoms with Crippen LogP contribution in [0, 0.1) is 6.92 Å². The predicted molar refractivity (Wildman–Crippen MR) is 89.9 cm³/mol. The largest absolute Gasteiger partial charge is 0.497 e. The minimum absolute atomic E-state index is 0.326. The molecule has 0 fully saturated rings. The minimum atomic E-state index is 0.326. The molecule has 0 saturated carbocycles. The Kier molecular flexibility index (Phi) is 4.65. The number of hydrogen-bond acceptors (Lipinski definition) is 4. The van der Waals surface area contributed by atoms with Crippen molar-refractivity contribution >= 4 is 28.6 Å². The zero-order valence-corrected chi connectivity index (χ0v) is 13.1. The molecule has 0 aliphatic carbocycles. The van der Waals surface area contributed by atoms with Crippen molar-refractivity contribution in [3.63, 3.8) is 0 Å². The van der Waals surface area contributed by atoms with Crippen LogP contribution in [0.25, 0.3) is 0 Å². The van der Waals surface area contributed by atoms with Gasteiger partial charge in [-0.3, -0.25) is 0 Å². The molecule has 0 unspecified atom stereocenters. The lowest BCUT2D eigenvalue weighted by molar-refractivity contribution is 0.414. The number of rotatable bonds is 5. The van der Waals surface area contributed by atoms with Crippen LogP contribution in [-0.2, 0) is 0 Å². The van der Waals surface area contributed by atoms with Gasteiger partial charge in [-0.1, -0.05) is 18.3 Å². The first-order chi connectivity index (χ1) is 10.0. The van der Waals surface area contributed by atoms with Crippen molar-refractivity contribution in [2.45, 2.75) is 6.92 Å². The second kappa shape index (κ2) is 6.45. The van der Waals surface area contributed by atoms with Gasteiger partial charge in [0.2, 0.25) is 0 Å². The van der Waals surface area contributed by atoms with E-state index >= 15 is 0 Å². The summed E-state index contributed by atoms with van der Waals surface area (Å²) >= 11 is 5.10. The van der Waals surface area contributed by atoms with Crippen molar-refractivity contribution in [3.05, 3.63) is 47.5 Å². The minimum Gasteiger partial charge on any atom is -0.497 e. The van der Waals surface area contributed by atoms with Crippen LogP contribution in [0.1, 0.15) is 11.1 Å². The fourth-order valence-electron chi connectivity index (χ4n) is 2.03. The molecule has 0 radical (unpaired) electrons. The molecule has 110 valence electrons. The topological polar surface area (TPSA) is 56.5 Å². The molecule has 0 bridgehead atoms. The maximum atomic E-state index is 5.78. The smallest absolute Gasteiger partial charge is 0.142 e. The summed E-state index contributed by atoms with van der Waals surface area (Å²) in [5, 5.41) is 3.32. The summed E-state index contributed by atoms with van der Waals surface area (Å²) in [6.07, 6.45) is 0. The average Bonchev–Trinajstić information content (AvgIpc) is 2.47. The molecule has 0 aliphatic heterocycles. The first-order valence-electron chi connectivity index (χ1n) is 6.44. The van der Waals surface area contributed by atoms with Gasteiger partial charge in [0.1, 0.15) is 16.5 Å². The molecule has 2 rings (SSSR count). The summed E-state index contributed by atoms with van der Waals surface area (Å²) in [5.41, 5.74) is 9.29. The molecule has 0 saturated heterocycles. The Morgan fingerprint density at radius 3 is 2.43 bits per heavy atom. The van der Waals surface area contributed by atoms with Gasteiger partial charge in [0.25, 0.3) is 0 Å². The Balaban J connectivity index is 2.47. The second-order valence-electron chi connectivity index (χ2n) is 4.60. The lowest BCUT2D eigenvalue weighted by atomic mass is 10.1. The molecular formula is C16H18N2O2S. The molecule has 2 aromatic carbocycles.